The van der Waals surface area contributed by atoms with Gasteiger partial charge in [0.15, 0.2) is 0 Å². The van der Waals surface area contributed by atoms with Crippen molar-refractivity contribution >= 4 is 32.8 Å². The zero-order valence-corrected chi connectivity index (χ0v) is 24.9. The van der Waals surface area contributed by atoms with Crippen LogP contribution in [0.4, 0.5) is 5.69 Å². The van der Waals surface area contributed by atoms with Gasteiger partial charge in [-0.2, -0.15) is 12.7 Å². The lowest BCUT2D eigenvalue weighted by Crippen LogP contribution is -2.50. The number of ether oxygens (including phenoxy) is 1. The van der Waals surface area contributed by atoms with Crippen molar-refractivity contribution in [3.63, 3.8) is 0 Å². The number of imidazole rings is 1. The molecule has 2 fully saturated rings. The zero-order valence-electron chi connectivity index (χ0n) is 24.1. The number of anilines is 1. The molecular formula is C28H45N5O4S. The molecule has 0 aliphatic carbocycles. The normalized spacial score (nSPS) is 19.1. The van der Waals surface area contributed by atoms with Crippen LogP contribution in [0.15, 0.2) is 18.2 Å². The molecule has 0 bridgehead atoms. The predicted octanol–water partition coefficient (Wildman–Crippen LogP) is 4.07. The smallest absolute Gasteiger partial charge is 0.303 e. The molecule has 1 aromatic heterocycles. The van der Waals surface area contributed by atoms with E-state index >= 15 is 0 Å². The van der Waals surface area contributed by atoms with Crippen LogP contribution in [0.3, 0.4) is 0 Å². The summed E-state index contributed by atoms with van der Waals surface area (Å²) >= 11 is 0. The molecule has 1 N–H and O–H groups in total. The highest BCUT2D eigenvalue weighted by atomic mass is 32.2. The van der Waals surface area contributed by atoms with Crippen molar-refractivity contribution in [3.05, 3.63) is 24.0 Å². The Labute approximate surface area is 228 Å². The number of nitrogens with zero attached hydrogens (tertiary/aromatic N) is 4. The molecule has 212 valence electrons. The molecule has 2 saturated heterocycles. The zero-order chi connectivity index (χ0) is 27.9. The fourth-order valence-electron chi connectivity index (χ4n) is 5.39. The number of hydrogen-bond acceptors (Lipinski definition) is 5. The average Bonchev–Trinajstić information content (AvgIpc) is 3.21. The molecule has 2 aromatic rings. The van der Waals surface area contributed by atoms with Crippen LogP contribution < -0.4 is 9.62 Å². The summed E-state index contributed by atoms with van der Waals surface area (Å²) in [6, 6.07) is 5.76. The maximum atomic E-state index is 13.5. The Morgan fingerprint density at radius 3 is 2.29 bits per heavy atom. The van der Waals surface area contributed by atoms with E-state index in [1.807, 2.05) is 39.0 Å². The van der Waals surface area contributed by atoms with Gasteiger partial charge in [0.25, 0.3) is 0 Å². The molecule has 0 radical (unpaired) electrons. The van der Waals surface area contributed by atoms with Crippen LogP contribution >= 0.6 is 0 Å². The number of aromatic nitrogens is 2. The summed E-state index contributed by atoms with van der Waals surface area (Å²) in [6.07, 6.45) is 3.10. The number of hydrogen-bond donors (Lipinski definition) is 1. The van der Waals surface area contributed by atoms with Crippen molar-refractivity contribution < 1.29 is 17.9 Å². The summed E-state index contributed by atoms with van der Waals surface area (Å²) in [5, 5.41) is 3.02. The third-order valence-corrected chi connectivity index (χ3v) is 9.46. The summed E-state index contributed by atoms with van der Waals surface area (Å²) in [6.45, 7) is 15.5. The van der Waals surface area contributed by atoms with E-state index in [4.69, 9.17) is 9.72 Å². The van der Waals surface area contributed by atoms with Crippen molar-refractivity contribution in [1.82, 2.24) is 19.2 Å². The van der Waals surface area contributed by atoms with Gasteiger partial charge in [-0.15, -0.1) is 0 Å². The maximum absolute atomic E-state index is 13.5. The quantitative estimate of drug-likeness (QED) is 0.588. The Bertz CT molecular complexity index is 1240. The van der Waals surface area contributed by atoms with E-state index in [2.05, 4.69) is 30.7 Å². The van der Waals surface area contributed by atoms with Gasteiger partial charge in [-0.3, -0.25) is 9.10 Å². The summed E-state index contributed by atoms with van der Waals surface area (Å²) in [5.41, 5.74) is 1.97. The highest BCUT2D eigenvalue weighted by Crippen LogP contribution is 2.32. The summed E-state index contributed by atoms with van der Waals surface area (Å²) in [5.74, 6) is 1.38. The third kappa shape index (κ3) is 6.34. The SMILES string of the molecule is CN(c1ccc2c(c1)nc(C(C)(C)C)n2CC1CCOCC1)S(=O)(=O)N1CCC(C(=O)NC(C)(C)C)CC1. The Morgan fingerprint density at radius 1 is 1.08 bits per heavy atom. The largest absolute Gasteiger partial charge is 0.381 e. The lowest BCUT2D eigenvalue weighted by molar-refractivity contribution is -0.127. The molecule has 3 heterocycles. The molecule has 0 atom stereocenters. The number of piperidine rings is 1. The van der Waals surface area contributed by atoms with Crippen molar-refractivity contribution in [2.24, 2.45) is 11.8 Å². The fraction of sp³-hybridized carbons (Fsp3) is 0.714. The molecule has 38 heavy (non-hydrogen) atoms. The highest BCUT2D eigenvalue weighted by molar-refractivity contribution is 7.90. The van der Waals surface area contributed by atoms with Gasteiger partial charge >= 0.3 is 10.2 Å². The minimum Gasteiger partial charge on any atom is -0.381 e. The second-order valence-corrected chi connectivity index (χ2v) is 14.9. The van der Waals surface area contributed by atoms with Gasteiger partial charge in [0.05, 0.1) is 16.7 Å². The Hall–Kier alpha value is -2.17. The van der Waals surface area contributed by atoms with Crippen molar-refractivity contribution in [3.8, 4) is 0 Å². The number of nitrogens with one attached hydrogen (secondary N) is 1. The second-order valence-electron chi connectivity index (χ2n) is 12.9. The molecular weight excluding hydrogens is 502 g/mol. The maximum Gasteiger partial charge on any atom is 0.303 e. The molecule has 2 aliphatic heterocycles. The van der Waals surface area contributed by atoms with E-state index in [0.717, 1.165) is 49.5 Å². The average molecular weight is 548 g/mol. The van der Waals surface area contributed by atoms with Crippen LogP contribution in [0.25, 0.3) is 11.0 Å². The number of benzene rings is 1. The highest BCUT2D eigenvalue weighted by Gasteiger charge is 2.35. The minimum absolute atomic E-state index is 0.000606. The van der Waals surface area contributed by atoms with Gasteiger partial charge in [-0.25, -0.2) is 4.98 Å². The predicted molar refractivity (Wildman–Crippen MR) is 151 cm³/mol. The monoisotopic (exact) mass is 547 g/mol. The molecule has 10 heteroatoms. The number of carbonyl (C=O) groups is 1. The number of fused-ring (bicyclic) bond motifs is 1. The molecule has 0 unspecified atom stereocenters. The van der Waals surface area contributed by atoms with Gasteiger partial charge in [0.1, 0.15) is 5.82 Å². The molecule has 0 saturated carbocycles. The fourth-order valence-corrected chi connectivity index (χ4v) is 6.78. The van der Waals surface area contributed by atoms with Gasteiger partial charge in [-0.1, -0.05) is 20.8 Å². The van der Waals surface area contributed by atoms with Crippen LogP contribution in [-0.4, -0.2) is 67.1 Å². The first-order valence-electron chi connectivity index (χ1n) is 13.8. The number of amides is 1. The third-order valence-electron chi connectivity index (χ3n) is 7.54. The van der Waals surface area contributed by atoms with E-state index in [9.17, 15) is 13.2 Å². The molecule has 1 aromatic carbocycles. The van der Waals surface area contributed by atoms with Gasteiger partial charge < -0.3 is 14.6 Å². The lowest BCUT2D eigenvalue weighted by Gasteiger charge is -2.34. The first kappa shape index (κ1) is 28.8. The Balaban J connectivity index is 1.53. The van der Waals surface area contributed by atoms with E-state index < -0.39 is 10.2 Å². The molecule has 0 spiro atoms. The summed E-state index contributed by atoms with van der Waals surface area (Å²) < 4.78 is 37.8. The molecule has 1 amide bonds. The molecule has 9 nitrogen and oxygen atoms in total. The van der Waals surface area contributed by atoms with E-state index in [0.29, 0.717) is 37.5 Å². The minimum atomic E-state index is -3.74. The van der Waals surface area contributed by atoms with Gasteiger partial charge in [-0.05, 0) is 70.6 Å². The van der Waals surface area contributed by atoms with Crippen LogP contribution in [0, 0.1) is 11.8 Å². The Kier molecular flexibility index (Phi) is 8.17. The lowest BCUT2D eigenvalue weighted by atomic mass is 9.94. The first-order chi connectivity index (χ1) is 17.7. The second kappa shape index (κ2) is 10.8. The van der Waals surface area contributed by atoms with Crippen molar-refractivity contribution in [2.75, 3.05) is 37.7 Å². The van der Waals surface area contributed by atoms with Crippen LogP contribution in [0.5, 0.6) is 0 Å². The molecule has 4 rings (SSSR count). The van der Waals surface area contributed by atoms with Crippen molar-refractivity contribution in [1.29, 1.82) is 0 Å². The standard InChI is InChI=1S/C28H45N5O4S/c1-27(2,3)26-29-23-18-22(8-9-24(23)33(26)19-20-12-16-37-17-13-20)31(7)38(35,36)32-14-10-21(11-15-32)25(34)30-28(4,5)6/h8-9,18,20-21H,10-17,19H2,1-7H3,(H,30,34). The van der Waals surface area contributed by atoms with Crippen molar-refractivity contribution in [2.45, 2.75) is 84.7 Å². The molecule has 2 aliphatic rings. The van der Waals surface area contributed by atoms with Crippen LogP contribution in [0.1, 0.15) is 73.1 Å². The van der Waals surface area contributed by atoms with Gasteiger partial charge in [0, 0.05) is 56.8 Å². The number of carbonyl (C=O) groups excluding carboxylic acids is 1. The number of rotatable bonds is 6. The van der Waals surface area contributed by atoms with E-state index in [1.165, 1.54) is 8.61 Å². The van der Waals surface area contributed by atoms with E-state index in [1.54, 1.807) is 7.05 Å². The summed E-state index contributed by atoms with van der Waals surface area (Å²) in [7, 11) is -2.14. The van der Waals surface area contributed by atoms with Crippen LogP contribution in [0.2, 0.25) is 0 Å². The van der Waals surface area contributed by atoms with Gasteiger partial charge in [0.2, 0.25) is 5.91 Å². The summed E-state index contributed by atoms with van der Waals surface area (Å²) in [4.78, 5) is 17.6. The van der Waals surface area contributed by atoms with E-state index in [-0.39, 0.29) is 22.8 Å². The topological polar surface area (TPSA) is 96.8 Å². The Morgan fingerprint density at radius 2 is 1.71 bits per heavy atom. The van der Waals surface area contributed by atoms with Crippen LogP contribution in [-0.2, 0) is 31.7 Å². The first-order valence-corrected chi connectivity index (χ1v) is 15.2.